The van der Waals surface area contributed by atoms with Crippen LogP contribution in [0.5, 0.6) is 0 Å². The molecule has 0 amide bonds. The summed E-state index contributed by atoms with van der Waals surface area (Å²) in [7, 11) is 0. The van der Waals surface area contributed by atoms with Gasteiger partial charge in [-0.2, -0.15) is 0 Å². The average molecular weight is 393 g/mol. The van der Waals surface area contributed by atoms with Crippen LogP contribution in [0.4, 0.5) is 0 Å². The van der Waals surface area contributed by atoms with Crippen molar-refractivity contribution in [1.82, 2.24) is 19.7 Å². The number of aromatic nitrogens is 4. The van der Waals surface area contributed by atoms with E-state index in [0.717, 1.165) is 11.6 Å². The van der Waals surface area contributed by atoms with E-state index in [2.05, 4.69) is 42.3 Å². The van der Waals surface area contributed by atoms with E-state index < -0.39 is 0 Å². The largest absolute Gasteiger partial charge is 0.432 e. The van der Waals surface area contributed by atoms with Crippen LogP contribution in [-0.2, 0) is 25.5 Å². The molecular weight excluding hydrogens is 380 g/mol. The maximum Gasteiger partial charge on any atom is 0.0372 e. The van der Waals surface area contributed by atoms with Gasteiger partial charge in [0.1, 0.15) is 0 Å². The third-order valence-corrected chi connectivity index (χ3v) is 2.05. The van der Waals surface area contributed by atoms with Crippen molar-refractivity contribution in [2.75, 3.05) is 0 Å². The van der Waals surface area contributed by atoms with Crippen molar-refractivity contribution in [3.63, 3.8) is 0 Å². The first kappa shape index (κ1) is 13.0. The van der Waals surface area contributed by atoms with Gasteiger partial charge in [-0.15, -0.1) is 0 Å². The maximum absolute atomic E-state index is 4.25. The van der Waals surface area contributed by atoms with E-state index >= 15 is 0 Å². The van der Waals surface area contributed by atoms with Crippen LogP contribution in [-0.4, -0.2) is 19.7 Å². The summed E-state index contributed by atoms with van der Waals surface area (Å²) in [6.07, 6.45) is 4.57. The molecule has 0 saturated heterocycles. The Hall–Kier alpha value is -1.06. The number of rotatable bonds is 1. The van der Waals surface area contributed by atoms with Crippen LogP contribution in [0.2, 0.25) is 0 Å². The zero-order chi connectivity index (χ0) is 10.9. The Kier molecular flexibility index (Phi) is 3.94. The van der Waals surface area contributed by atoms with Crippen molar-refractivity contribution >= 4 is 0 Å². The zero-order valence-electron chi connectivity index (χ0n) is 9.43. The Morgan fingerprint density at radius 2 is 2.00 bits per heavy atom. The molecule has 4 nitrogen and oxygen atoms in total. The summed E-state index contributed by atoms with van der Waals surface area (Å²) >= 11 is 0. The summed E-state index contributed by atoms with van der Waals surface area (Å²) in [6.45, 7) is 6.26. The minimum absolute atomic E-state index is 0. The van der Waals surface area contributed by atoms with Crippen molar-refractivity contribution in [3.8, 4) is 5.82 Å². The SMILES string of the molecule is CC(C)(C)c1nn[c-]n1-c1ccccn1.[Ir]. The molecular formula is C11H13IrN4-. The van der Waals surface area contributed by atoms with Gasteiger partial charge in [0.05, 0.1) is 0 Å². The monoisotopic (exact) mass is 394 g/mol. The molecule has 0 fully saturated rings. The van der Waals surface area contributed by atoms with E-state index in [1.807, 2.05) is 18.2 Å². The number of nitrogens with zero attached hydrogens (tertiary/aromatic N) is 4. The second-order valence-electron chi connectivity index (χ2n) is 4.40. The van der Waals surface area contributed by atoms with Crippen molar-refractivity contribution in [3.05, 3.63) is 36.5 Å². The van der Waals surface area contributed by atoms with Gasteiger partial charge in [0.25, 0.3) is 0 Å². The van der Waals surface area contributed by atoms with Gasteiger partial charge < -0.3 is 9.55 Å². The number of hydrogen-bond donors (Lipinski definition) is 0. The fraction of sp³-hybridized carbons (Fsp3) is 0.364. The number of hydrogen-bond acceptors (Lipinski definition) is 3. The molecule has 1 radical (unpaired) electrons. The van der Waals surface area contributed by atoms with E-state index in [0.29, 0.717) is 0 Å². The van der Waals surface area contributed by atoms with E-state index in [1.165, 1.54) is 0 Å². The van der Waals surface area contributed by atoms with Gasteiger partial charge in [0.2, 0.25) is 0 Å². The number of pyridine rings is 1. The first-order valence-electron chi connectivity index (χ1n) is 4.84. The predicted molar refractivity (Wildman–Crippen MR) is 56.7 cm³/mol. The van der Waals surface area contributed by atoms with Crippen LogP contribution in [0, 0.1) is 6.33 Å². The van der Waals surface area contributed by atoms with Gasteiger partial charge in [0.15, 0.2) is 0 Å². The van der Waals surface area contributed by atoms with Gasteiger partial charge in [-0.1, -0.05) is 32.9 Å². The van der Waals surface area contributed by atoms with Crippen LogP contribution in [0.3, 0.4) is 0 Å². The first-order chi connectivity index (χ1) is 7.09. The Bertz CT molecular complexity index is 445. The summed E-state index contributed by atoms with van der Waals surface area (Å²) in [4.78, 5) is 4.25. The molecule has 2 aromatic heterocycles. The molecule has 2 rings (SSSR count). The second kappa shape index (κ2) is 4.85. The molecule has 0 bridgehead atoms. The molecule has 0 unspecified atom stereocenters. The standard InChI is InChI=1S/C11H13N4.Ir/c1-11(2,3)10-14-13-8-15(10)9-6-4-5-7-12-9;/h4-7H,1-3H3;/q-1;. The molecule has 16 heavy (non-hydrogen) atoms. The van der Waals surface area contributed by atoms with Gasteiger partial charge in [0, 0.05) is 44.3 Å². The molecule has 0 saturated carbocycles. The minimum atomic E-state index is -0.0650. The van der Waals surface area contributed by atoms with Crippen LogP contribution in [0.25, 0.3) is 5.82 Å². The van der Waals surface area contributed by atoms with Crippen molar-refractivity contribution < 1.29 is 20.1 Å². The van der Waals surface area contributed by atoms with Gasteiger partial charge >= 0.3 is 0 Å². The molecule has 0 atom stereocenters. The Balaban J connectivity index is 0.00000128. The van der Waals surface area contributed by atoms with E-state index in [9.17, 15) is 0 Å². The normalized spacial score (nSPS) is 10.9. The van der Waals surface area contributed by atoms with E-state index in [1.54, 1.807) is 10.8 Å². The van der Waals surface area contributed by atoms with Gasteiger partial charge in [-0.25, -0.2) is 10.2 Å². The van der Waals surface area contributed by atoms with Crippen LogP contribution < -0.4 is 0 Å². The van der Waals surface area contributed by atoms with Crippen LogP contribution in [0.15, 0.2) is 24.4 Å². The van der Waals surface area contributed by atoms with Crippen molar-refractivity contribution in [2.24, 2.45) is 0 Å². The van der Waals surface area contributed by atoms with E-state index in [-0.39, 0.29) is 25.5 Å². The Morgan fingerprint density at radius 3 is 2.56 bits per heavy atom. The molecule has 0 aromatic carbocycles. The quantitative estimate of drug-likeness (QED) is 0.694. The molecule has 2 heterocycles. The van der Waals surface area contributed by atoms with Gasteiger partial charge in [-0.05, 0) is 11.5 Å². The summed E-state index contributed by atoms with van der Waals surface area (Å²) in [5.41, 5.74) is -0.0650. The zero-order valence-corrected chi connectivity index (χ0v) is 11.8. The van der Waals surface area contributed by atoms with Crippen molar-refractivity contribution in [1.29, 1.82) is 0 Å². The molecule has 0 spiro atoms. The summed E-state index contributed by atoms with van der Waals surface area (Å²) in [6, 6.07) is 5.72. The minimum Gasteiger partial charge on any atom is -0.432 e. The van der Waals surface area contributed by atoms with Gasteiger partial charge in [-0.3, -0.25) is 0 Å². The maximum atomic E-state index is 4.25. The van der Waals surface area contributed by atoms with Crippen LogP contribution >= 0.6 is 0 Å². The molecule has 0 aliphatic heterocycles. The first-order valence-corrected chi connectivity index (χ1v) is 4.84. The fourth-order valence-corrected chi connectivity index (χ4v) is 1.34. The fourth-order valence-electron chi connectivity index (χ4n) is 1.34. The molecule has 0 N–H and O–H groups in total. The smallest absolute Gasteiger partial charge is 0.0372 e. The predicted octanol–water partition coefficient (Wildman–Crippen LogP) is 1.76. The molecule has 0 aliphatic carbocycles. The Morgan fingerprint density at radius 1 is 1.25 bits per heavy atom. The molecule has 5 heteroatoms. The second-order valence-corrected chi connectivity index (χ2v) is 4.40. The average Bonchev–Trinajstić information content (AvgIpc) is 2.67. The van der Waals surface area contributed by atoms with E-state index in [4.69, 9.17) is 0 Å². The molecule has 0 aliphatic rings. The van der Waals surface area contributed by atoms with Crippen molar-refractivity contribution in [2.45, 2.75) is 26.2 Å². The summed E-state index contributed by atoms with van der Waals surface area (Å²) in [5.74, 6) is 1.66. The third-order valence-electron chi connectivity index (χ3n) is 2.05. The molecule has 87 valence electrons. The Labute approximate surface area is 108 Å². The van der Waals surface area contributed by atoms with Crippen LogP contribution in [0.1, 0.15) is 26.6 Å². The summed E-state index contributed by atoms with van der Waals surface area (Å²) < 4.78 is 1.79. The third kappa shape index (κ3) is 2.54. The molecule has 2 aromatic rings. The topological polar surface area (TPSA) is 43.6 Å². The summed E-state index contributed by atoms with van der Waals surface area (Å²) in [5, 5.41) is 7.89.